The summed E-state index contributed by atoms with van der Waals surface area (Å²) in [6, 6.07) is 33.3. The molecule has 3 fully saturated rings. The summed E-state index contributed by atoms with van der Waals surface area (Å²) in [6.07, 6.45) is 6.35. The second kappa shape index (κ2) is 16.1. The highest BCUT2D eigenvalue weighted by atomic mass is 16.3. The maximum absolute atomic E-state index is 10.3. The van der Waals surface area contributed by atoms with Crippen LogP contribution in [0.25, 0.3) is 5.70 Å². The zero-order valence-electron chi connectivity index (χ0n) is 31.3. The van der Waals surface area contributed by atoms with Crippen LogP contribution >= 0.6 is 0 Å². The molecule has 0 aromatic heterocycles. The first-order chi connectivity index (χ1) is 26.4. The van der Waals surface area contributed by atoms with Gasteiger partial charge in [-0.25, -0.2) is 0 Å². The van der Waals surface area contributed by atoms with Crippen molar-refractivity contribution in [3.8, 4) is 5.75 Å². The van der Waals surface area contributed by atoms with Gasteiger partial charge in [-0.05, 0) is 108 Å². The number of phenolic OH excluding ortho intramolecular Hbond substituents is 1. The summed E-state index contributed by atoms with van der Waals surface area (Å²) in [5.41, 5.74) is 11.9. The molecule has 1 aliphatic carbocycles. The third-order valence-corrected chi connectivity index (χ3v) is 12.3. The van der Waals surface area contributed by atoms with Crippen LogP contribution in [0.5, 0.6) is 5.75 Å². The van der Waals surface area contributed by atoms with Crippen molar-refractivity contribution in [2.75, 3.05) is 55.6 Å². The van der Waals surface area contributed by atoms with Crippen LogP contribution in [0.1, 0.15) is 83.7 Å². The molecule has 4 aromatic carbocycles. The number of benzene rings is 4. The molecular formula is C46H53N5O3. The van der Waals surface area contributed by atoms with Gasteiger partial charge in [-0.1, -0.05) is 61.2 Å². The number of hydrogen-bond donors (Lipinski definition) is 3. The third-order valence-electron chi connectivity index (χ3n) is 12.3. The number of fused-ring (bicyclic) bond motifs is 2. The Balaban J connectivity index is 0.000000461. The minimum Gasteiger partial charge on any atom is -0.508 e. The van der Waals surface area contributed by atoms with Gasteiger partial charge in [-0.2, -0.15) is 0 Å². The van der Waals surface area contributed by atoms with Crippen molar-refractivity contribution in [1.29, 1.82) is 0 Å². The van der Waals surface area contributed by atoms with Crippen LogP contribution in [0.15, 0.2) is 97.6 Å². The van der Waals surface area contributed by atoms with E-state index in [1.807, 2.05) is 12.1 Å². The van der Waals surface area contributed by atoms with Crippen LogP contribution in [0.3, 0.4) is 0 Å². The SMILES string of the molecule is C=C1NCc2cc(N3CCN(CC4CCN(c5ccc(C6c7ccc(O)cc7CCC6c6ccccc6)cc5)CC4)CC3)ccc21.O=C1CCCC(=O)N1. The van der Waals surface area contributed by atoms with Gasteiger partial charge in [-0.15, -0.1) is 0 Å². The van der Waals surface area contributed by atoms with Gasteiger partial charge in [-0.3, -0.25) is 19.8 Å². The molecule has 2 unspecified atom stereocenters. The lowest BCUT2D eigenvalue weighted by atomic mass is 9.69. The normalized spacial score (nSPS) is 21.7. The van der Waals surface area contributed by atoms with Crippen LogP contribution < -0.4 is 20.4 Å². The van der Waals surface area contributed by atoms with Gasteiger partial charge in [0, 0.05) is 93.8 Å². The van der Waals surface area contributed by atoms with Crippen LogP contribution in [-0.4, -0.2) is 67.6 Å². The lowest BCUT2D eigenvalue weighted by molar-refractivity contribution is -0.132. The average molecular weight is 724 g/mol. The molecular weight excluding hydrogens is 671 g/mol. The number of imide groups is 1. The molecule has 54 heavy (non-hydrogen) atoms. The molecule has 4 heterocycles. The molecule has 8 nitrogen and oxygen atoms in total. The minimum atomic E-state index is -0.138. The Morgan fingerprint density at radius 2 is 1.39 bits per heavy atom. The van der Waals surface area contributed by atoms with Crippen LogP contribution in [0.2, 0.25) is 0 Å². The van der Waals surface area contributed by atoms with E-state index in [1.165, 1.54) is 64.1 Å². The van der Waals surface area contributed by atoms with E-state index >= 15 is 0 Å². The topological polar surface area (TPSA) is 88.2 Å². The second-order valence-corrected chi connectivity index (χ2v) is 15.7. The molecule has 8 heteroatoms. The molecule has 3 saturated heterocycles. The molecule has 3 N–H and O–H groups in total. The summed E-state index contributed by atoms with van der Waals surface area (Å²) in [5.74, 6) is 1.61. The predicted molar refractivity (Wildman–Crippen MR) is 217 cm³/mol. The molecule has 0 bridgehead atoms. The lowest BCUT2D eigenvalue weighted by Crippen LogP contribution is -2.49. The molecule has 5 aliphatic rings. The van der Waals surface area contributed by atoms with Crippen molar-refractivity contribution in [3.05, 3.63) is 131 Å². The standard InChI is InChI=1S/C41H46N4O.C5H7NO2/c1-29-38-15-12-36(25-34(38)27-42-29)45-23-21-43(22-24-45)28-30-17-19-44(20-18-30)35-10-7-32(8-11-35)41-39(31-5-3-2-4-6-31)14-9-33-26-37(46)13-16-40(33)41;7-4-2-1-3-5(8)6-4/h2-8,10-13,15-16,25-26,30,39,41-42,46H,1,9,14,17-24,27-28H2;1-3H2,(H,6,7,8). The van der Waals surface area contributed by atoms with Crippen molar-refractivity contribution < 1.29 is 14.7 Å². The Kier molecular flexibility index (Phi) is 10.7. The van der Waals surface area contributed by atoms with E-state index in [1.54, 1.807) is 0 Å². The zero-order valence-corrected chi connectivity index (χ0v) is 31.3. The van der Waals surface area contributed by atoms with E-state index in [0.717, 1.165) is 70.3 Å². The molecule has 4 aromatic rings. The van der Waals surface area contributed by atoms with E-state index in [9.17, 15) is 14.7 Å². The molecule has 0 saturated carbocycles. The molecule has 0 spiro atoms. The highest BCUT2D eigenvalue weighted by molar-refractivity contribution is 5.97. The highest BCUT2D eigenvalue weighted by Gasteiger charge is 2.32. The fraction of sp³-hybridized carbons (Fsp3) is 0.391. The predicted octanol–water partition coefficient (Wildman–Crippen LogP) is 7.18. The van der Waals surface area contributed by atoms with Crippen molar-refractivity contribution in [1.82, 2.24) is 15.5 Å². The van der Waals surface area contributed by atoms with Crippen LogP contribution in [0, 0.1) is 5.92 Å². The Hall–Kier alpha value is -5.08. The van der Waals surface area contributed by atoms with E-state index in [4.69, 9.17) is 0 Å². The Morgan fingerprint density at radius 1 is 0.685 bits per heavy atom. The Bertz CT molecular complexity index is 1950. The molecule has 9 rings (SSSR count). The Morgan fingerprint density at radius 3 is 2.09 bits per heavy atom. The zero-order chi connectivity index (χ0) is 37.0. The molecule has 4 aliphatic heterocycles. The van der Waals surface area contributed by atoms with Gasteiger partial charge in [0.15, 0.2) is 0 Å². The van der Waals surface area contributed by atoms with Gasteiger partial charge < -0.3 is 20.2 Å². The van der Waals surface area contributed by atoms with Crippen molar-refractivity contribution in [2.45, 2.75) is 63.3 Å². The first-order valence-electron chi connectivity index (χ1n) is 20.0. The van der Waals surface area contributed by atoms with Gasteiger partial charge in [0.1, 0.15) is 5.75 Å². The number of piperazine rings is 1. The number of carbonyl (C=O) groups is 2. The lowest BCUT2D eigenvalue weighted by Gasteiger charge is -2.40. The summed E-state index contributed by atoms with van der Waals surface area (Å²) in [6.45, 7) is 13.0. The number of nitrogens with one attached hydrogen (secondary N) is 2. The highest BCUT2D eigenvalue weighted by Crippen LogP contribution is 2.47. The van der Waals surface area contributed by atoms with E-state index < -0.39 is 0 Å². The largest absolute Gasteiger partial charge is 0.508 e. The van der Waals surface area contributed by atoms with Gasteiger partial charge in [0.05, 0.1) is 0 Å². The number of anilines is 2. The molecule has 2 atom stereocenters. The fourth-order valence-corrected chi connectivity index (χ4v) is 9.30. The number of nitrogens with zero attached hydrogens (tertiary/aromatic N) is 3. The number of carbonyl (C=O) groups excluding carboxylic acids is 2. The van der Waals surface area contributed by atoms with Crippen LogP contribution in [-0.2, 0) is 22.6 Å². The summed E-state index contributed by atoms with van der Waals surface area (Å²) in [5, 5.41) is 15.8. The fourth-order valence-electron chi connectivity index (χ4n) is 9.30. The number of piperidine rings is 2. The third kappa shape index (κ3) is 8.04. The second-order valence-electron chi connectivity index (χ2n) is 15.7. The summed E-state index contributed by atoms with van der Waals surface area (Å²) < 4.78 is 0. The molecule has 280 valence electrons. The number of aryl methyl sites for hydroxylation is 1. The number of phenols is 1. The summed E-state index contributed by atoms with van der Waals surface area (Å²) in [4.78, 5) is 28.5. The van der Waals surface area contributed by atoms with Crippen molar-refractivity contribution >= 4 is 28.9 Å². The quantitative estimate of drug-likeness (QED) is 0.182. The van der Waals surface area contributed by atoms with E-state index in [-0.39, 0.29) is 11.8 Å². The van der Waals surface area contributed by atoms with Gasteiger partial charge >= 0.3 is 0 Å². The number of hydrogen-bond acceptors (Lipinski definition) is 7. The number of amides is 2. The van der Waals surface area contributed by atoms with Crippen LogP contribution in [0.4, 0.5) is 11.4 Å². The van der Waals surface area contributed by atoms with Crippen molar-refractivity contribution in [2.24, 2.45) is 5.92 Å². The first kappa shape index (κ1) is 35.9. The molecule has 2 amide bonds. The maximum Gasteiger partial charge on any atom is 0.226 e. The number of rotatable bonds is 6. The summed E-state index contributed by atoms with van der Waals surface area (Å²) >= 11 is 0. The summed E-state index contributed by atoms with van der Waals surface area (Å²) in [7, 11) is 0. The minimum absolute atomic E-state index is 0.138. The first-order valence-corrected chi connectivity index (χ1v) is 20.0. The van der Waals surface area contributed by atoms with E-state index in [0.29, 0.717) is 36.8 Å². The monoisotopic (exact) mass is 723 g/mol. The molecule has 0 radical (unpaired) electrons. The van der Waals surface area contributed by atoms with E-state index in [2.05, 4.69) is 111 Å². The Labute approximate surface area is 319 Å². The number of aromatic hydroxyl groups is 1. The smallest absolute Gasteiger partial charge is 0.226 e. The van der Waals surface area contributed by atoms with Gasteiger partial charge in [0.25, 0.3) is 0 Å². The average Bonchev–Trinajstić information content (AvgIpc) is 3.58. The van der Waals surface area contributed by atoms with Crippen molar-refractivity contribution in [3.63, 3.8) is 0 Å². The van der Waals surface area contributed by atoms with Gasteiger partial charge in [0.2, 0.25) is 11.8 Å². The maximum atomic E-state index is 10.3.